The fourth-order valence-electron chi connectivity index (χ4n) is 3.98. The number of fused-ring (bicyclic) bond motifs is 1. The van der Waals surface area contributed by atoms with Crippen LogP contribution in [0.3, 0.4) is 0 Å². The Labute approximate surface area is 163 Å². The van der Waals surface area contributed by atoms with E-state index >= 15 is 0 Å². The Morgan fingerprint density at radius 2 is 1.96 bits per heavy atom. The van der Waals surface area contributed by atoms with E-state index in [4.69, 9.17) is 4.74 Å². The third-order valence-electron chi connectivity index (χ3n) is 5.56. The lowest BCUT2D eigenvalue weighted by molar-refractivity contribution is -0.161. The summed E-state index contributed by atoms with van der Waals surface area (Å²) in [7, 11) is 0. The molecule has 0 aromatic rings. The van der Waals surface area contributed by atoms with E-state index in [2.05, 4.69) is 10.6 Å². The first-order valence-electron chi connectivity index (χ1n) is 9.58. The second-order valence-electron chi connectivity index (χ2n) is 7.64. The first-order valence-corrected chi connectivity index (χ1v) is 10.6. The number of rotatable bonds is 4. The van der Waals surface area contributed by atoms with Gasteiger partial charge in [-0.25, -0.2) is 9.59 Å². The van der Waals surface area contributed by atoms with Crippen molar-refractivity contribution < 1.29 is 23.9 Å². The van der Waals surface area contributed by atoms with Gasteiger partial charge in [0.2, 0.25) is 5.91 Å². The first kappa shape index (κ1) is 20.0. The van der Waals surface area contributed by atoms with E-state index < -0.39 is 30.1 Å². The fraction of sp³-hybridized carbons (Fsp3) is 0.778. The molecule has 27 heavy (non-hydrogen) atoms. The summed E-state index contributed by atoms with van der Waals surface area (Å²) in [6.45, 7) is 3.37. The summed E-state index contributed by atoms with van der Waals surface area (Å²) in [4.78, 5) is 49.9. The standard InChI is InChI=1S/C18H27N3O5S/c1-11(15(23)20-17(25)19-12-6-4-3-5-7-12)26-16(24)13-10-27-18(2)9-8-14(22)21(13)18/h11-13H,3-10H2,1-2H3,(H2,19,20,23,25)/t11-,13+,18-/m0/s1. The van der Waals surface area contributed by atoms with E-state index in [0.717, 1.165) is 25.7 Å². The number of carbonyl (C=O) groups excluding carboxylic acids is 4. The maximum Gasteiger partial charge on any atom is 0.330 e. The minimum absolute atomic E-state index is 0.0617. The quantitative estimate of drug-likeness (QED) is 0.697. The highest BCUT2D eigenvalue weighted by molar-refractivity contribution is 8.01. The van der Waals surface area contributed by atoms with Crippen LogP contribution in [0.1, 0.15) is 58.8 Å². The molecule has 1 aliphatic carbocycles. The Morgan fingerprint density at radius 3 is 2.67 bits per heavy atom. The highest BCUT2D eigenvalue weighted by Gasteiger charge is 2.53. The van der Waals surface area contributed by atoms with Crippen molar-refractivity contribution in [3.63, 3.8) is 0 Å². The van der Waals surface area contributed by atoms with Gasteiger partial charge < -0.3 is 15.0 Å². The van der Waals surface area contributed by atoms with Gasteiger partial charge in [-0.1, -0.05) is 19.3 Å². The average molecular weight is 397 g/mol. The molecule has 0 aromatic carbocycles. The van der Waals surface area contributed by atoms with Crippen molar-refractivity contribution in [2.45, 2.75) is 81.9 Å². The molecule has 3 rings (SSSR count). The number of carbonyl (C=O) groups is 4. The molecule has 0 unspecified atom stereocenters. The van der Waals surface area contributed by atoms with Crippen LogP contribution in [0.4, 0.5) is 4.79 Å². The van der Waals surface area contributed by atoms with Crippen LogP contribution in [-0.2, 0) is 19.1 Å². The number of imide groups is 1. The molecule has 2 aliphatic heterocycles. The Balaban J connectivity index is 1.48. The van der Waals surface area contributed by atoms with Crippen molar-refractivity contribution in [2.24, 2.45) is 0 Å². The molecule has 4 amide bonds. The highest BCUT2D eigenvalue weighted by atomic mass is 32.2. The molecule has 9 heteroatoms. The molecule has 2 heterocycles. The van der Waals surface area contributed by atoms with E-state index in [1.165, 1.54) is 13.3 Å². The largest absolute Gasteiger partial charge is 0.451 e. The zero-order valence-corrected chi connectivity index (χ0v) is 16.6. The number of nitrogens with one attached hydrogen (secondary N) is 2. The second-order valence-corrected chi connectivity index (χ2v) is 9.14. The number of hydrogen-bond acceptors (Lipinski definition) is 6. The lowest BCUT2D eigenvalue weighted by Crippen LogP contribution is -2.50. The van der Waals surface area contributed by atoms with E-state index in [-0.39, 0.29) is 16.8 Å². The number of nitrogens with zero attached hydrogens (tertiary/aromatic N) is 1. The van der Waals surface area contributed by atoms with Gasteiger partial charge in [0.05, 0.1) is 4.87 Å². The van der Waals surface area contributed by atoms with Crippen molar-refractivity contribution in [1.29, 1.82) is 0 Å². The predicted octanol–water partition coefficient (Wildman–Crippen LogP) is 1.53. The van der Waals surface area contributed by atoms with Gasteiger partial charge in [-0.05, 0) is 33.1 Å². The van der Waals surface area contributed by atoms with Crippen LogP contribution in [-0.4, -0.2) is 57.5 Å². The minimum atomic E-state index is -1.11. The lowest BCUT2D eigenvalue weighted by Gasteiger charge is -2.29. The molecule has 0 bridgehead atoms. The van der Waals surface area contributed by atoms with E-state index in [1.807, 2.05) is 6.92 Å². The summed E-state index contributed by atoms with van der Waals surface area (Å²) < 4.78 is 5.25. The number of ether oxygens (including phenoxy) is 1. The van der Waals surface area contributed by atoms with Crippen LogP contribution in [0.25, 0.3) is 0 Å². The van der Waals surface area contributed by atoms with Gasteiger partial charge in [0.25, 0.3) is 5.91 Å². The fourth-order valence-corrected chi connectivity index (χ4v) is 5.40. The van der Waals surface area contributed by atoms with Crippen LogP contribution in [0.5, 0.6) is 0 Å². The highest BCUT2D eigenvalue weighted by Crippen LogP contribution is 2.47. The van der Waals surface area contributed by atoms with Crippen molar-refractivity contribution in [1.82, 2.24) is 15.5 Å². The van der Waals surface area contributed by atoms with Gasteiger partial charge in [0, 0.05) is 18.2 Å². The third kappa shape index (κ3) is 4.39. The number of amides is 4. The van der Waals surface area contributed by atoms with Gasteiger partial charge in [0.15, 0.2) is 6.10 Å². The van der Waals surface area contributed by atoms with E-state index in [0.29, 0.717) is 18.6 Å². The summed E-state index contributed by atoms with van der Waals surface area (Å²) in [6, 6.07) is -1.16. The molecule has 0 spiro atoms. The molecule has 3 atom stereocenters. The van der Waals surface area contributed by atoms with Gasteiger partial charge in [-0.15, -0.1) is 11.8 Å². The Hall–Kier alpha value is -1.77. The van der Waals surface area contributed by atoms with Crippen LogP contribution in [0.2, 0.25) is 0 Å². The smallest absolute Gasteiger partial charge is 0.330 e. The molecule has 150 valence electrons. The molecular formula is C18H27N3O5S. The Bertz CT molecular complexity index is 636. The summed E-state index contributed by atoms with van der Waals surface area (Å²) in [5, 5.41) is 5.02. The SMILES string of the molecule is C[C@H](OC(=O)[C@H]1CS[C@@]2(C)CCC(=O)N12)C(=O)NC(=O)NC1CCCCC1. The van der Waals surface area contributed by atoms with Gasteiger partial charge in [-0.2, -0.15) is 0 Å². The van der Waals surface area contributed by atoms with Crippen LogP contribution in [0, 0.1) is 0 Å². The van der Waals surface area contributed by atoms with Gasteiger partial charge in [0.1, 0.15) is 6.04 Å². The summed E-state index contributed by atoms with van der Waals surface area (Å²) >= 11 is 1.56. The van der Waals surface area contributed by atoms with E-state index in [9.17, 15) is 19.2 Å². The lowest BCUT2D eigenvalue weighted by atomic mass is 9.96. The number of thioether (sulfide) groups is 1. The van der Waals surface area contributed by atoms with Crippen molar-refractivity contribution in [3.05, 3.63) is 0 Å². The van der Waals surface area contributed by atoms with Crippen molar-refractivity contribution >= 4 is 35.6 Å². The Kier molecular flexibility index (Phi) is 5.98. The maximum absolute atomic E-state index is 12.5. The minimum Gasteiger partial charge on any atom is -0.451 e. The van der Waals surface area contributed by atoms with Crippen LogP contribution >= 0.6 is 11.8 Å². The molecule has 0 radical (unpaired) electrons. The first-order chi connectivity index (χ1) is 12.8. The van der Waals surface area contributed by atoms with Crippen molar-refractivity contribution in [3.8, 4) is 0 Å². The van der Waals surface area contributed by atoms with Gasteiger partial charge in [-0.3, -0.25) is 14.9 Å². The molecule has 8 nitrogen and oxygen atoms in total. The molecule has 2 saturated heterocycles. The monoisotopic (exact) mass is 397 g/mol. The Morgan fingerprint density at radius 1 is 1.26 bits per heavy atom. The summed E-state index contributed by atoms with van der Waals surface area (Å²) in [5.41, 5.74) is 0. The number of hydrogen-bond donors (Lipinski definition) is 2. The molecule has 3 aliphatic rings. The third-order valence-corrected chi connectivity index (χ3v) is 7.06. The zero-order chi connectivity index (χ0) is 19.6. The average Bonchev–Trinajstić information content (AvgIpc) is 3.11. The molecule has 1 saturated carbocycles. The van der Waals surface area contributed by atoms with E-state index in [1.54, 1.807) is 16.7 Å². The van der Waals surface area contributed by atoms with Crippen molar-refractivity contribution in [2.75, 3.05) is 5.75 Å². The second kappa shape index (κ2) is 8.08. The number of esters is 1. The maximum atomic E-state index is 12.5. The van der Waals surface area contributed by atoms with Gasteiger partial charge >= 0.3 is 12.0 Å². The topological polar surface area (TPSA) is 105 Å². The summed E-state index contributed by atoms with van der Waals surface area (Å²) in [6.07, 6.45) is 5.15. The molecule has 2 N–H and O–H groups in total. The zero-order valence-electron chi connectivity index (χ0n) is 15.8. The normalized spacial score (nSPS) is 29.2. The predicted molar refractivity (Wildman–Crippen MR) is 99.8 cm³/mol. The molecular weight excluding hydrogens is 370 g/mol. The number of urea groups is 1. The molecule has 0 aromatic heterocycles. The van der Waals surface area contributed by atoms with Crippen LogP contribution < -0.4 is 10.6 Å². The molecule has 3 fully saturated rings. The summed E-state index contributed by atoms with van der Waals surface area (Å²) in [5.74, 6) is -0.875. The van der Waals surface area contributed by atoms with Crippen LogP contribution in [0.15, 0.2) is 0 Å².